The summed E-state index contributed by atoms with van der Waals surface area (Å²) in [6, 6.07) is 87.1. The van der Waals surface area contributed by atoms with E-state index in [2.05, 4.69) is 234 Å². The molecule has 0 spiro atoms. The van der Waals surface area contributed by atoms with Gasteiger partial charge in [0.15, 0.2) is 5.82 Å². The number of nitrogens with zero attached hydrogens (tertiary/aromatic N) is 4. The van der Waals surface area contributed by atoms with Gasteiger partial charge in [0.2, 0.25) is 0 Å². The molecule has 0 amide bonds. The zero-order chi connectivity index (χ0) is 44.3. The minimum Gasteiger partial charge on any atom is -0.310 e. The predicted octanol–water partition coefficient (Wildman–Crippen LogP) is 17.2. The van der Waals surface area contributed by atoms with Crippen LogP contribution in [0, 0.1) is 0 Å². The van der Waals surface area contributed by atoms with Crippen LogP contribution in [0.15, 0.2) is 243 Å². The Balaban J connectivity index is 0.920. The number of anilines is 3. The van der Waals surface area contributed by atoms with Crippen molar-refractivity contribution < 1.29 is 0 Å². The maximum absolute atomic E-state index is 5.13. The lowest BCUT2D eigenvalue weighted by Crippen LogP contribution is -2.10. The van der Waals surface area contributed by atoms with E-state index in [9.17, 15) is 0 Å². The van der Waals surface area contributed by atoms with Gasteiger partial charge in [-0.3, -0.25) is 0 Å². The second-order valence-electron chi connectivity index (χ2n) is 17.0. The van der Waals surface area contributed by atoms with Crippen LogP contribution in [0.5, 0.6) is 0 Å². The van der Waals surface area contributed by atoms with Crippen LogP contribution in [-0.2, 0) is 0 Å². The molecular weight excluding hydrogens is 833 g/mol. The van der Waals surface area contributed by atoms with E-state index in [-0.39, 0.29) is 0 Å². The summed E-state index contributed by atoms with van der Waals surface area (Å²) in [5, 5.41) is 6.03. The van der Waals surface area contributed by atoms with Crippen molar-refractivity contribution in [3.63, 3.8) is 0 Å². The van der Waals surface area contributed by atoms with Crippen molar-refractivity contribution in [2.75, 3.05) is 4.90 Å². The Morgan fingerprint density at radius 1 is 0.328 bits per heavy atom. The van der Waals surface area contributed by atoms with E-state index in [1.807, 2.05) is 29.5 Å². The maximum Gasteiger partial charge on any atom is 0.160 e. The molecule has 13 aromatic rings. The zero-order valence-electron chi connectivity index (χ0n) is 36.3. The summed E-state index contributed by atoms with van der Waals surface area (Å²) in [6.07, 6.45) is 0. The molecule has 3 aromatic heterocycles. The van der Waals surface area contributed by atoms with Gasteiger partial charge in [0.05, 0.1) is 22.2 Å². The molecule has 0 unspecified atom stereocenters. The Bertz CT molecular complexity index is 3970. The highest BCUT2D eigenvalue weighted by Gasteiger charge is 2.19. The van der Waals surface area contributed by atoms with Crippen LogP contribution >= 0.6 is 11.3 Å². The molecule has 0 radical (unpaired) electrons. The van der Waals surface area contributed by atoms with E-state index in [4.69, 9.17) is 9.97 Å². The molecule has 0 aliphatic heterocycles. The van der Waals surface area contributed by atoms with E-state index in [0.29, 0.717) is 5.82 Å². The van der Waals surface area contributed by atoms with Gasteiger partial charge in [-0.05, 0) is 95.1 Å². The van der Waals surface area contributed by atoms with Gasteiger partial charge in [-0.1, -0.05) is 170 Å². The van der Waals surface area contributed by atoms with Crippen molar-refractivity contribution in [3.05, 3.63) is 243 Å². The minimum absolute atomic E-state index is 0.712. The highest BCUT2D eigenvalue weighted by molar-refractivity contribution is 7.25. The summed E-state index contributed by atoms with van der Waals surface area (Å²) in [7, 11) is 0. The largest absolute Gasteiger partial charge is 0.310 e. The molecule has 0 saturated carbocycles. The van der Waals surface area contributed by atoms with Gasteiger partial charge in [0.25, 0.3) is 0 Å². The lowest BCUT2D eigenvalue weighted by Gasteiger charge is -2.26. The smallest absolute Gasteiger partial charge is 0.160 e. The van der Waals surface area contributed by atoms with Gasteiger partial charge in [-0.25, -0.2) is 9.97 Å². The third kappa shape index (κ3) is 6.84. The Kier molecular flexibility index (Phi) is 9.32. The average molecular weight is 873 g/mol. The number of hydrogen-bond acceptors (Lipinski definition) is 4. The first-order valence-electron chi connectivity index (χ1n) is 22.6. The third-order valence-electron chi connectivity index (χ3n) is 13.0. The summed E-state index contributed by atoms with van der Waals surface area (Å²) >= 11 is 1.85. The van der Waals surface area contributed by atoms with Crippen LogP contribution in [0.25, 0.3) is 103 Å². The van der Waals surface area contributed by atoms with Gasteiger partial charge in [-0.15, -0.1) is 11.3 Å². The molecule has 4 nitrogen and oxygen atoms in total. The van der Waals surface area contributed by atoms with Crippen LogP contribution in [0.2, 0.25) is 0 Å². The fourth-order valence-corrected chi connectivity index (χ4v) is 10.9. The van der Waals surface area contributed by atoms with Gasteiger partial charge in [0.1, 0.15) is 0 Å². The molecule has 0 atom stereocenters. The standard InChI is InChI=1S/C62H40N4S/c1-3-14-41(15-4-1)42-30-33-47(34-31-42)65(50-35-37-60-55(40-50)53-21-9-12-25-59(53)67-60)48-18-13-19-49(39-48)66-57-24-11-8-20-51(57)52-36-32-46(38-58(52)66)43-26-28-45(29-27-43)62-63-56-23-10-7-22-54(56)61(64-62)44-16-5-2-6-17-44/h1-40H. The van der Waals surface area contributed by atoms with Crippen molar-refractivity contribution in [1.82, 2.24) is 14.5 Å². The van der Waals surface area contributed by atoms with Crippen molar-refractivity contribution in [3.8, 4) is 50.6 Å². The molecule has 67 heavy (non-hydrogen) atoms. The van der Waals surface area contributed by atoms with Crippen molar-refractivity contribution >= 4 is 81.3 Å². The number of thiophene rings is 1. The number of fused-ring (bicyclic) bond motifs is 7. The summed E-state index contributed by atoms with van der Waals surface area (Å²) in [6.45, 7) is 0. The van der Waals surface area contributed by atoms with Gasteiger partial charge in [0, 0.05) is 70.2 Å². The van der Waals surface area contributed by atoms with E-state index in [1.165, 1.54) is 42.1 Å². The lowest BCUT2D eigenvalue weighted by molar-refractivity contribution is 1.17. The van der Waals surface area contributed by atoms with E-state index >= 15 is 0 Å². The molecule has 5 heteroatoms. The highest BCUT2D eigenvalue weighted by atomic mass is 32.1. The van der Waals surface area contributed by atoms with Crippen LogP contribution < -0.4 is 4.90 Å². The maximum atomic E-state index is 5.13. The SMILES string of the molecule is c1ccc(-c2ccc(N(c3cccc(-n4c5ccccc5c5ccc(-c6ccc(-c7nc(-c8ccccc8)c8ccccc8n7)cc6)cc54)c3)c3ccc4sc5ccccc5c4c3)cc2)cc1. The quantitative estimate of drug-likeness (QED) is 0.153. The van der Waals surface area contributed by atoms with Gasteiger partial charge >= 0.3 is 0 Å². The normalized spacial score (nSPS) is 11.6. The first kappa shape index (κ1) is 38.8. The Morgan fingerprint density at radius 2 is 0.910 bits per heavy atom. The molecular formula is C62H40N4S. The van der Waals surface area contributed by atoms with E-state index in [1.54, 1.807) is 0 Å². The van der Waals surface area contributed by atoms with Crippen LogP contribution in [-0.4, -0.2) is 14.5 Å². The van der Waals surface area contributed by atoms with E-state index in [0.717, 1.165) is 72.6 Å². The minimum atomic E-state index is 0.712. The van der Waals surface area contributed by atoms with Crippen LogP contribution in [0.3, 0.4) is 0 Å². The summed E-state index contributed by atoms with van der Waals surface area (Å²) in [4.78, 5) is 12.6. The third-order valence-corrected chi connectivity index (χ3v) is 14.1. The Hall–Kier alpha value is -8.64. The van der Waals surface area contributed by atoms with Gasteiger partial charge in [-0.2, -0.15) is 0 Å². The first-order chi connectivity index (χ1) is 33.2. The predicted molar refractivity (Wildman–Crippen MR) is 283 cm³/mol. The van der Waals surface area contributed by atoms with Crippen LogP contribution in [0.4, 0.5) is 17.1 Å². The number of para-hydroxylation sites is 2. The summed E-state index contributed by atoms with van der Waals surface area (Å²) in [5.41, 5.74) is 15.3. The molecule has 0 fully saturated rings. The fourth-order valence-electron chi connectivity index (χ4n) is 9.77. The second-order valence-corrected chi connectivity index (χ2v) is 18.1. The second kappa shape index (κ2) is 16.1. The monoisotopic (exact) mass is 872 g/mol. The number of rotatable bonds is 8. The molecule has 314 valence electrons. The van der Waals surface area contributed by atoms with Gasteiger partial charge < -0.3 is 9.47 Å². The zero-order valence-corrected chi connectivity index (χ0v) is 37.1. The fraction of sp³-hybridized carbons (Fsp3) is 0. The molecule has 13 rings (SSSR count). The number of aromatic nitrogens is 3. The molecule has 0 bridgehead atoms. The first-order valence-corrected chi connectivity index (χ1v) is 23.5. The molecule has 10 aromatic carbocycles. The molecule has 0 saturated heterocycles. The molecule has 0 aliphatic carbocycles. The Labute approximate surface area is 391 Å². The molecule has 3 heterocycles. The topological polar surface area (TPSA) is 34.0 Å². The lowest BCUT2D eigenvalue weighted by atomic mass is 10.0. The van der Waals surface area contributed by atoms with Crippen LogP contribution in [0.1, 0.15) is 0 Å². The van der Waals surface area contributed by atoms with Crippen molar-refractivity contribution in [1.29, 1.82) is 0 Å². The molecule has 0 N–H and O–H groups in total. The Morgan fingerprint density at radius 3 is 1.73 bits per heavy atom. The van der Waals surface area contributed by atoms with Crippen molar-refractivity contribution in [2.24, 2.45) is 0 Å². The summed E-state index contributed by atoms with van der Waals surface area (Å²) in [5.74, 6) is 0.712. The molecule has 0 aliphatic rings. The average Bonchev–Trinajstić information content (AvgIpc) is 3.94. The highest BCUT2D eigenvalue weighted by Crippen LogP contribution is 2.43. The van der Waals surface area contributed by atoms with E-state index < -0.39 is 0 Å². The summed E-state index contributed by atoms with van der Waals surface area (Å²) < 4.78 is 5.01. The van der Waals surface area contributed by atoms with Crippen molar-refractivity contribution in [2.45, 2.75) is 0 Å². The number of hydrogen-bond donors (Lipinski definition) is 0. The number of benzene rings is 10.